The predicted molar refractivity (Wildman–Crippen MR) is 68.4 cm³/mol. The third-order valence-corrected chi connectivity index (χ3v) is 3.87. The molecule has 0 bridgehead atoms. The Morgan fingerprint density at radius 2 is 2.19 bits per heavy atom. The zero-order valence-electron chi connectivity index (χ0n) is 10.8. The molecule has 16 heavy (non-hydrogen) atoms. The average Bonchev–Trinajstić information content (AvgIpc) is 2.83. The number of rotatable bonds is 0. The molecule has 2 rings (SSSR count). The van der Waals surface area contributed by atoms with Crippen LogP contribution in [0.4, 0.5) is 0 Å². The van der Waals surface area contributed by atoms with Crippen LogP contribution in [0.5, 0.6) is 0 Å². The fourth-order valence-corrected chi connectivity index (χ4v) is 2.72. The van der Waals surface area contributed by atoms with Gasteiger partial charge in [-0.1, -0.05) is 30.7 Å². The normalized spacial score (nSPS) is 45.6. The van der Waals surface area contributed by atoms with Crippen LogP contribution in [0.2, 0.25) is 0 Å². The Hall–Kier alpha value is -0.560. The van der Waals surface area contributed by atoms with Crippen molar-refractivity contribution in [2.75, 3.05) is 0 Å². The molecular formula is C15H24O. The summed E-state index contributed by atoms with van der Waals surface area (Å²) in [4.78, 5) is 0. The lowest BCUT2D eigenvalue weighted by Gasteiger charge is -2.09. The van der Waals surface area contributed by atoms with Crippen molar-refractivity contribution in [2.24, 2.45) is 5.92 Å². The lowest BCUT2D eigenvalue weighted by Crippen LogP contribution is -2.09. The van der Waals surface area contributed by atoms with Crippen molar-refractivity contribution in [3.05, 3.63) is 23.8 Å². The largest absolute Gasteiger partial charge is 0.366 e. The summed E-state index contributed by atoms with van der Waals surface area (Å²) in [6, 6.07) is 0. The summed E-state index contributed by atoms with van der Waals surface area (Å²) in [5.41, 5.74) is 1.72. The van der Waals surface area contributed by atoms with Crippen molar-refractivity contribution in [3.8, 4) is 0 Å². The van der Waals surface area contributed by atoms with Gasteiger partial charge in [0.25, 0.3) is 0 Å². The van der Waals surface area contributed by atoms with Crippen molar-refractivity contribution >= 4 is 0 Å². The lowest BCUT2D eigenvalue weighted by atomic mass is 9.94. The zero-order chi connectivity index (χ0) is 11.6. The van der Waals surface area contributed by atoms with Crippen LogP contribution < -0.4 is 0 Å². The smallest absolute Gasteiger partial charge is 0.0923 e. The Morgan fingerprint density at radius 3 is 3.00 bits per heavy atom. The van der Waals surface area contributed by atoms with Gasteiger partial charge in [0.05, 0.1) is 11.7 Å². The molecule has 0 N–H and O–H groups in total. The van der Waals surface area contributed by atoms with Gasteiger partial charge in [0.15, 0.2) is 0 Å². The summed E-state index contributed by atoms with van der Waals surface area (Å²) >= 11 is 0. The molecule has 0 saturated carbocycles. The molecule has 0 aromatic heterocycles. The molecule has 0 radical (unpaired) electrons. The van der Waals surface area contributed by atoms with E-state index in [2.05, 4.69) is 39.0 Å². The van der Waals surface area contributed by atoms with E-state index in [-0.39, 0.29) is 5.60 Å². The first kappa shape index (κ1) is 11.9. The molecule has 90 valence electrons. The number of hydrogen-bond acceptors (Lipinski definition) is 1. The first-order valence-corrected chi connectivity index (χ1v) is 6.60. The minimum absolute atomic E-state index is 0.190. The number of allylic oxidation sites excluding steroid dienone is 4. The molecule has 1 saturated heterocycles. The fourth-order valence-electron chi connectivity index (χ4n) is 2.72. The van der Waals surface area contributed by atoms with Gasteiger partial charge >= 0.3 is 0 Å². The van der Waals surface area contributed by atoms with Crippen LogP contribution in [0.3, 0.4) is 0 Å². The Labute approximate surface area is 99.6 Å². The van der Waals surface area contributed by atoms with E-state index in [1.54, 1.807) is 0 Å². The molecule has 3 atom stereocenters. The molecule has 1 nitrogen and oxygen atoms in total. The van der Waals surface area contributed by atoms with Crippen molar-refractivity contribution in [1.82, 2.24) is 0 Å². The maximum absolute atomic E-state index is 5.82. The molecule has 1 heterocycles. The van der Waals surface area contributed by atoms with Crippen LogP contribution in [0.15, 0.2) is 23.8 Å². The molecule has 0 spiro atoms. The van der Waals surface area contributed by atoms with Gasteiger partial charge in [-0.2, -0.15) is 0 Å². The van der Waals surface area contributed by atoms with Gasteiger partial charge in [-0.25, -0.2) is 0 Å². The van der Waals surface area contributed by atoms with E-state index >= 15 is 0 Å². The van der Waals surface area contributed by atoms with Crippen molar-refractivity contribution in [3.63, 3.8) is 0 Å². The van der Waals surface area contributed by atoms with E-state index in [4.69, 9.17) is 4.74 Å². The quantitative estimate of drug-likeness (QED) is 0.439. The van der Waals surface area contributed by atoms with Crippen LogP contribution in [0.1, 0.15) is 52.9 Å². The highest BCUT2D eigenvalue weighted by molar-refractivity contribution is 5.07. The molecule has 1 heteroatoms. The second kappa shape index (κ2) is 4.75. The summed E-state index contributed by atoms with van der Waals surface area (Å²) in [6.45, 7) is 6.82. The highest BCUT2D eigenvalue weighted by Gasteiger charge is 2.50. The average molecular weight is 220 g/mol. The highest BCUT2D eigenvalue weighted by atomic mass is 16.6. The van der Waals surface area contributed by atoms with E-state index in [9.17, 15) is 0 Å². The van der Waals surface area contributed by atoms with Crippen molar-refractivity contribution in [2.45, 2.75) is 64.6 Å². The molecular weight excluding hydrogens is 196 g/mol. The Kier molecular flexibility index (Phi) is 3.53. The number of ether oxygens (including phenoxy) is 1. The third kappa shape index (κ3) is 2.98. The van der Waals surface area contributed by atoms with Gasteiger partial charge in [-0.15, -0.1) is 0 Å². The molecule has 2 aliphatic rings. The molecule has 1 aliphatic carbocycles. The number of epoxide rings is 1. The van der Waals surface area contributed by atoms with E-state index in [0.717, 1.165) is 0 Å². The van der Waals surface area contributed by atoms with E-state index in [1.807, 2.05) is 0 Å². The minimum Gasteiger partial charge on any atom is -0.366 e. The van der Waals surface area contributed by atoms with Gasteiger partial charge < -0.3 is 4.74 Å². The summed E-state index contributed by atoms with van der Waals surface area (Å²) in [7, 11) is 0. The van der Waals surface area contributed by atoms with Gasteiger partial charge in [0.1, 0.15) is 0 Å². The van der Waals surface area contributed by atoms with Crippen LogP contribution in [-0.2, 0) is 4.74 Å². The Bertz CT molecular complexity index is 303. The fraction of sp³-hybridized carbons (Fsp3) is 0.733. The first-order valence-electron chi connectivity index (χ1n) is 6.60. The van der Waals surface area contributed by atoms with Gasteiger partial charge in [0.2, 0.25) is 0 Å². The third-order valence-electron chi connectivity index (χ3n) is 3.87. The summed E-state index contributed by atoms with van der Waals surface area (Å²) in [5, 5.41) is 0. The molecule has 1 aliphatic heterocycles. The standard InChI is InChI=1S/C15H24O/c1-12-7-4-5-9-14-15(3,16-14)10-6-8-13(2)11-12/h4,7-8,12,14H,5-6,9-11H2,1-3H3/b7-4-,13-8-. The van der Waals surface area contributed by atoms with Crippen molar-refractivity contribution in [1.29, 1.82) is 0 Å². The summed E-state index contributed by atoms with van der Waals surface area (Å²) in [5.74, 6) is 0.683. The second-order valence-electron chi connectivity index (χ2n) is 5.70. The second-order valence-corrected chi connectivity index (χ2v) is 5.70. The van der Waals surface area contributed by atoms with Crippen molar-refractivity contribution < 1.29 is 4.74 Å². The van der Waals surface area contributed by atoms with Gasteiger partial charge in [-0.3, -0.25) is 0 Å². The topological polar surface area (TPSA) is 12.5 Å². The van der Waals surface area contributed by atoms with E-state index < -0.39 is 0 Å². The first-order chi connectivity index (χ1) is 7.60. The molecule has 0 aromatic carbocycles. The monoisotopic (exact) mass is 220 g/mol. The van der Waals surface area contributed by atoms with Crippen LogP contribution >= 0.6 is 0 Å². The molecule has 1 fully saturated rings. The van der Waals surface area contributed by atoms with Crippen LogP contribution in [-0.4, -0.2) is 11.7 Å². The molecule has 0 amide bonds. The summed E-state index contributed by atoms with van der Waals surface area (Å²) < 4.78 is 5.82. The minimum atomic E-state index is 0.190. The number of fused-ring (bicyclic) bond motifs is 1. The zero-order valence-corrected chi connectivity index (χ0v) is 10.8. The maximum atomic E-state index is 5.82. The molecule has 3 unspecified atom stereocenters. The van der Waals surface area contributed by atoms with Gasteiger partial charge in [-0.05, 0) is 51.9 Å². The van der Waals surface area contributed by atoms with Crippen LogP contribution in [0.25, 0.3) is 0 Å². The highest BCUT2D eigenvalue weighted by Crippen LogP contribution is 2.43. The Balaban J connectivity index is 1.98. The SMILES string of the molecule is C/C1=C/CCC2(C)OC2CC/C=C\C(C)C1. The van der Waals surface area contributed by atoms with Gasteiger partial charge in [0, 0.05) is 0 Å². The lowest BCUT2D eigenvalue weighted by molar-refractivity contribution is 0.295. The van der Waals surface area contributed by atoms with E-state index in [0.29, 0.717) is 12.0 Å². The summed E-state index contributed by atoms with van der Waals surface area (Å²) in [6.07, 6.45) is 13.5. The van der Waals surface area contributed by atoms with Crippen LogP contribution in [0, 0.1) is 5.92 Å². The number of hydrogen-bond donors (Lipinski definition) is 0. The Morgan fingerprint density at radius 1 is 1.38 bits per heavy atom. The van der Waals surface area contributed by atoms with E-state index in [1.165, 1.54) is 37.7 Å². The predicted octanol–water partition coefficient (Wildman–Crippen LogP) is 4.25. The maximum Gasteiger partial charge on any atom is 0.0923 e. The molecule has 0 aromatic rings.